The first kappa shape index (κ1) is 18.6. The summed E-state index contributed by atoms with van der Waals surface area (Å²) in [6, 6.07) is 8.58. The number of rotatable bonds is 6. The summed E-state index contributed by atoms with van der Waals surface area (Å²) in [6.45, 7) is 11.5. The Balaban J connectivity index is 1.79. The molecule has 0 saturated heterocycles. The lowest BCUT2D eigenvalue weighted by Gasteiger charge is -2.19. The van der Waals surface area contributed by atoms with Crippen molar-refractivity contribution in [2.45, 2.75) is 63.9 Å². The molecule has 0 radical (unpaired) electrons. The van der Waals surface area contributed by atoms with Gasteiger partial charge in [-0.2, -0.15) is 0 Å². The van der Waals surface area contributed by atoms with E-state index < -0.39 is 0 Å². The second-order valence-electron chi connectivity index (χ2n) is 7.11. The molecule has 7 heteroatoms. The van der Waals surface area contributed by atoms with Crippen LogP contribution < -0.4 is 0 Å². The van der Waals surface area contributed by atoms with Gasteiger partial charge < -0.3 is 8.98 Å². The third-order valence-corrected chi connectivity index (χ3v) is 5.13. The highest BCUT2D eigenvalue weighted by atomic mass is 32.2. The molecule has 6 nitrogen and oxygen atoms in total. The second kappa shape index (κ2) is 7.61. The fourth-order valence-electron chi connectivity index (χ4n) is 2.63. The van der Waals surface area contributed by atoms with Gasteiger partial charge in [0.2, 0.25) is 11.8 Å². The van der Waals surface area contributed by atoms with Gasteiger partial charge in [0.15, 0.2) is 11.0 Å². The third-order valence-electron chi connectivity index (χ3n) is 4.18. The Morgan fingerprint density at radius 2 is 1.65 bits per heavy atom. The summed E-state index contributed by atoms with van der Waals surface area (Å²) in [5.74, 6) is 2.76. The average molecular weight is 372 g/mol. The minimum absolute atomic E-state index is 0.138. The van der Waals surface area contributed by atoms with Crippen molar-refractivity contribution in [1.82, 2.24) is 25.0 Å². The first-order chi connectivity index (χ1) is 12.4. The molecule has 0 aliphatic rings. The van der Waals surface area contributed by atoms with Gasteiger partial charge in [-0.3, -0.25) is 0 Å². The monoisotopic (exact) mass is 371 g/mol. The Labute approximate surface area is 158 Å². The molecule has 2 heterocycles. The highest BCUT2D eigenvalue weighted by Crippen LogP contribution is 2.28. The van der Waals surface area contributed by atoms with Gasteiger partial charge in [0.1, 0.15) is 0 Å². The van der Waals surface area contributed by atoms with Gasteiger partial charge >= 0.3 is 0 Å². The number of aromatic nitrogens is 5. The lowest BCUT2D eigenvalue weighted by Crippen LogP contribution is -2.10. The van der Waals surface area contributed by atoms with Crippen molar-refractivity contribution in [2.75, 3.05) is 0 Å². The molecule has 0 amide bonds. The normalized spacial score (nSPS) is 11.9. The van der Waals surface area contributed by atoms with Crippen molar-refractivity contribution in [1.29, 1.82) is 0 Å². The Morgan fingerprint density at radius 1 is 0.962 bits per heavy atom. The van der Waals surface area contributed by atoms with Gasteiger partial charge in [0.05, 0.1) is 5.75 Å². The lowest BCUT2D eigenvalue weighted by molar-refractivity contribution is 0.469. The quantitative estimate of drug-likeness (QED) is 0.594. The van der Waals surface area contributed by atoms with Crippen LogP contribution in [0.5, 0.6) is 0 Å². The maximum absolute atomic E-state index is 5.56. The average Bonchev–Trinajstić information content (AvgIpc) is 3.25. The molecule has 0 saturated carbocycles. The predicted octanol–water partition coefficient (Wildman–Crippen LogP) is 4.50. The molecule has 0 unspecified atom stereocenters. The maximum atomic E-state index is 5.56. The summed E-state index contributed by atoms with van der Waals surface area (Å²) in [7, 11) is 0. The Hall–Kier alpha value is -2.15. The van der Waals surface area contributed by atoms with Crippen molar-refractivity contribution in [3.63, 3.8) is 0 Å². The number of hydrogen-bond donors (Lipinski definition) is 0. The molecule has 0 aliphatic carbocycles. The molecular weight excluding hydrogens is 346 g/mol. The van der Waals surface area contributed by atoms with E-state index in [1.165, 1.54) is 5.56 Å². The highest BCUT2D eigenvalue weighted by Gasteiger charge is 2.17. The minimum Gasteiger partial charge on any atom is -0.424 e. The van der Waals surface area contributed by atoms with Gasteiger partial charge in [-0.1, -0.05) is 63.7 Å². The predicted molar refractivity (Wildman–Crippen MR) is 103 cm³/mol. The van der Waals surface area contributed by atoms with Crippen LogP contribution in [0, 0.1) is 0 Å². The number of hydrogen-bond acceptors (Lipinski definition) is 6. The topological polar surface area (TPSA) is 69.6 Å². The van der Waals surface area contributed by atoms with Gasteiger partial charge in [0.25, 0.3) is 0 Å². The van der Waals surface area contributed by atoms with Crippen LogP contribution in [0.3, 0.4) is 0 Å². The first-order valence-corrected chi connectivity index (χ1v) is 9.89. The van der Waals surface area contributed by atoms with Crippen molar-refractivity contribution in [3.05, 3.63) is 41.6 Å². The van der Waals surface area contributed by atoms with Crippen LogP contribution in [0.2, 0.25) is 0 Å². The molecule has 0 bridgehead atoms. The third kappa shape index (κ3) is 3.98. The highest BCUT2D eigenvalue weighted by molar-refractivity contribution is 7.98. The van der Waals surface area contributed by atoms with E-state index in [0.29, 0.717) is 17.5 Å². The molecular formula is C19H25N5OS. The summed E-state index contributed by atoms with van der Waals surface area (Å²) in [5, 5.41) is 17.7. The summed E-state index contributed by atoms with van der Waals surface area (Å²) in [4.78, 5) is 0. The fraction of sp³-hybridized carbons (Fsp3) is 0.474. The van der Waals surface area contributed by atoms with E-state index in [0.717, 1.165) is 29.5 Å². The van der Waals surface area contributed by atoms with Gasteiger partial charge in [-0.15, -0.1) is 20.4 Å². The maximum Gasteiger partial charge on any atom is 0.226 e. The van der Waals surface area contributed by atoms with Gasteiger partial charge in [0, 0.05) is 18.5 Å². The molecule has 3 rings (SSSR count). The zero-order valence-corrected chi connectivity index (χ0v) is 16.8. The van der Waals surface area contributed by atoms with Crippen LogP contribution >= 0.6 is 11.8 Å². The molecule has 2 aromatic heterocycles. The molecule has 0 aliphatic heterocycles. The Kier molecular flexibility index (Phi) is 5.46. The van der Waals surface area contributed by atoms with Crippen LogP contribution in [0.25, 0.3) is 11.4 Å². The number of nitrogens with zero attached hydrogens (tertiary/aromatic N) is 5. The number of aryl methyl sites for hydroxylation is 1. The summed E-state index contributed by atoms with van der Waals surface area (Å²) in [6.07, 6.45) is 0.748. The SMILES string of the molecule is CCc1nnc(CSc2nnc(-c3ccc(C(C)(C)C)cc3)n2CC)o1. The molecule has 3 aromatic rings. The molecule has 0 spiro atoms. The van der Waals surface area contributed by atoms with Crippen molar-refractivity contribution in [2.24, 2.45) is 0 Å². The van der Waals surface area contributed by atoms with Crippen LogP contribution in [-0.4, -0.2) is 25.0 Å². The Morgan fingerprint density at radius 3 is 2.23 bits per heavy atom. The summed E-state index contributed by atoms with van der Waals surface area (Å²) in [5.41, 5.74) is 2.52. The molecule has 138 valence electrons. The largest absolute Gasteiger partial charge is 0.424 e. The molecule has 0 atom stereocenters. The van der Waals surface area contributed by atoms with Crippen LogP contribution in [0.15, 0.2) is 33.8 Å². The standard InChI is InChI=1S/C19H25N5OS/c1-6-15-20-21-16(25-15)12-26-18-23-22-17(24(18)7-2)13-8-10-14(11-9-13)19(3,4)5/h8-11H,6-7,12H2,1-5H3. The Bertz CT molecular complexity index is 861. The van der Waals surface area contributed by atoms with E-state index in [1.807, 2.05) is 6.92 Å². The van der Waals surface area contributed by atoms with Crippen LogP contribution in [0.4, 0.5) is 0 Å². The van der Waals surface area contributed by atoms with E-state index in [1.54, 1.807) is 11.8 Å². The zero-order valence-electron chi connectivity index (χ0n) is 16.0. The number of thioether (sulfide) groups is 1. The fourth-order valence-corrected chi connectivity index (χ4v) is 3.47. The molecule has 26 heavy (non-hydrogen) atoms. The summed E-state index contributed by atoms with van der Waals surface area (Å²) >= 11 is 1.56. The van der Waals surface area contributed by atoms with E-state index in [9.17, 15) is 0 Å². The first-order valence-electron chi connectivity index (χ1n) is 8.90. The smallest absolute Gasteiger partial charge is 0.226 e. The summed E-state index contributed by atoms with van der Waals surface area (Å²) < 4.78 is 7.68. The van der Waals surface area contributed by atoms with E-state index in [-0.39, 0.29) is 5.41 Å². The van der Waals surface area contributed by atoms with E-state index in [4.69, 9.17) is 4.42 Å². The van der Waals surface area contributed by atoms with E-state index >= 15 is 0 Å². The van der Waals surface area contributed by atoms with Crippen LogP contribution in [-0.2, 0) is 24.1 Å². The lowest BCUT2D eigenvalue weighted by atomic mass is 9.87. The van der Waals surface area contributed by atoms with Gasteiger partial charge in [-0.05, 0) is 17.9 Å². The molecule has 0 fully saturated rings. The second-order valence-corrected chi connectivity index (χ2v) is 8.05. The zero-order chi connectivity index (χ0) is 18.7. The molecule has 1 aromatic carbocycles. The van der Waals surface area contributed by atoms with Crippen LogP contribution in [0.1, 0.15) is 52.0 Å². The molecule has 0 N–H and O–H groups in total. The van der Waals surface area contributed by atoms with Crippen molar-refractivity contribution in [3.8, 4) is 11.4 Å². The minimum atomic E-state index is 0.138. The number of benzene rings is 1. The van der Waals surface area contributed by atoms with Gasteiger partial charge in [-0.25, -0.2) is 0 Å². The van der Waals surface area contributed by atoms with E-state index in [2.05, 4.69) is 76.9 Å². The van der Waals surface area contributed by atoms with Crippen molar-refractivity contribution < 1.29 is 4.42 Å². The van der Waals surface area contributed by atoms with Crippen molar-refractivity contribution >= 4 is 11.8 Å².